The summed E-state index contributed by atoms with van der Waals surface area (Å²) in [5.41, 5.74) is 3.03. The van der Waals surface area contributed by atoms with Gasteiger partial charge in [0.25, 0.3) is 0 Å². The highest BCUT2D eigenvalue weighted by Gasteiger charge is 2.22. The number of nitrogens with zero attached hydrogens (tertiary/aromatic N) is 3. The van der Waals surface area contributed by atoms with Crippen LogP contribution in [0.4, 0.5) is 16.6 Å². The Hall–Kier alpha value is -2.44. The van der Waals surface area contributed by atoms with Crippen LogP contribution in [0.2, 0.25) is 5.02 Å². The third-order valence-electron chi connectivity index (χ3n) is 4.26. The van der Waals surface area contributed by atoms with E-state index in [0.717, 1.165) is 30.8 Å². The van der Waals surface area contributed by atoms with Gasteiger partial charge < -0.3 is 10.2 Å². The number of carbonyl (C=O) groups is 1. The molecule has 0 aliphatic carbocycles. The van der Waals surface area contributed by atoms with Crippen LogP contribution in [-0.2, 0) is 17.6 Å². The molecule has 7 heteroatoms. The Balaban J connectivity index is 1.44. The minimum atomic E-state index is 0.0821. The quantitative estimate of drug-likeness (QED) is 0.721. The van der Waals surface area contributed by atoms with Crippen LogP contribution in [0.1, 0.15) is 17.7 Å². The average Bonchev–Trinajstić information content (AvgIpc) is 3.10. The summed E-state index contributed by atoms with van der Waals surface area (Å²) in [6.45, 7) is 0.764. The van der Waals surface area contributed by atoms with Crippen molar-refractivity contribution in [3.05, 3.63) is 64.3 Å². The van der Waals surface area contributed by atoms with Gasteiger partial charge in [-0.25, -0.2) is 9.97 Å². The number of aryl methyl sites for hydroxylation is 1. The molecule has 1 aromatic carbocycles. The van der Waals surface area contributed by atoms with Crippen LogP contribution in [0, 0.1) is 0 Å². The van der Waals surface area contributed by atoms with Crippen LogP contribution < -0.4 is 10.2 Å². The molecule has 0 fully saturated rings. The summed E-state index contributed by atoms with van der Waals surface area (Å²) >= 11 is 7.30. The third kappa shape index (κ3) is 3.71. The molecule has 1 aliphatic rings. The van der Waals surface area contributed by atoms with E-state index in [1.54, 1.807) is 18.3 Å². The molecule has 0 unspecified atom stereocenters. The van der Waals surface area contributed by atoms with Crippen molar-refractivity contribution in [1.82, 2.24) is 9.97 Å². The van der Waals surface area contributed by atoms with Gasteiger partial charge in [0, 0.05) is 23.8 Å². The first-order valence-electron chi connectivity index (χ1n) is 8.40. The number of fused-ring (bicyclic) bond motifs is 1. The lowest BCUT2D eigenvalue weighted by Gasteiger charge is -2.29. The first kappa shape index (κ1) is 17.0. The zero-order chi connectivity index (χ0) is 17.9. The number of benzene rings is 1. The van der Waals surface area contributed by atoms with E-state index >= 15 is 0 Å². The van der Waals surface area contributed by atoms with Crippen molar-refractivity contribution in [2.24, 2.45) is 0 Å². The summed E-state index contributed by atoms with van der Waals surface area (Å²) in [5, 5.41) is 6.34. The number of hydrogen-bond acceptors (Lipinski definition) is 5. The Morgan fingerprint density at radius 1 is 1.27 bits per heavy atom. The van der Waals surface area contributed by atoms with Gasteiger partial charge in [0.15, 0.2) is 5.13 Å². The molecule has 132 valence electrons. The van der Waals surface area contributed by atoms with Gasteiger partial charge in [-0.15, -0.1) is 11.3 Å². The van der Waals surface area contributed by atoms with E-state index in [9.17, 15) is 4.79 Å². The van der Waals surface area contributed by atoms with Crippen LogP contribution >= 0.6 is 22.9 Å². The Kier molecular flexibility index (Phi) is 4.86. The topological polar surface area (TPSA) is 58.1 Å². The van der Waals surface area contributed by atoms with E-state index in [0.29, 0.717) is 22.4 Å². The van der Waals surface area contributed by atoms with Crippen molar-refractivity contribution in [3.63, 3.8) is 0 Å². The smallest absolute Gasteiger partial charge is 0.233 e. The highest BCUT2D eigenvalue weighted by molar-refractivity contribution is 7.13. The summed E-state index contributed by atoms with van der Waals surface area (Å²) < 4.78 is 0. The maximum Gasteiger partial charge on any atom is 0.233 e. The van der Waals surface area contributed by atoms with Gasteiger partial charge in [-0.3, -0.25) is 4.79 Å². The lowest BCUT2D eigenvalue weighted by atomic mass is 10.0. The number of hydrogen-bond donors (Lipinski definition) is 1. The van der Waals surface area contributed by atoms with Crippen molar-refractivity contribution in [1.29, 1.82) is 0 Å². The number of carbonyl (C=O) groups excluding carboxylic acids is 1. The molecule has 26 heavy (non-hydrogen) atoms. The number of pyridine rings is 1. The largest absolute Gasteiger partial charge is 0.316 e. The molecular formula is C19H17ClN4OS. The predicted molar refractivity (Wildman–Crippen MR) is 105 cm³/mol. The molecule has 0 atom stereocenters. The summed E-state index contributed by atoms with van der Waals surface area (Å²) in [7, 11) is 0. The zero-order valence-corrected chi connectivity index (χ0v) is 15.6. The van der Waals surface area contributed by atoms with Gasteiger partial charge in [-0.05, 0) is 36.6 Å². The van der Waals surface area contributed by atoms with E-state index in [2.05, 4.69) is 21.4 Å². The highest BCUT2D eigenvalue weighted by Crippen LogP contribution is 2.28. The molecule has 0 spiro atoms. The molecule has 3 aromatic rings. The Bertz CT molecular complexity index is 925. The molecule has 0 radical (unpaired) electrons. The van der Waals surface area contributed by atoms with Crippen molar-refractivity contribution < 1.29 is 4.79 Å². The highest BCUT2D eigenvalue weighted by atomic mass is 35.5. The molecule has 1 aliphatic heterocycles. The second kappa shape index (κ2) is 7.43. The SMILES string of the molecule is O=C(Cc1csc(Nc2ccc(Cl)cn2)n1)N1CCCc2ccccc21. The number of amides is 1. The average molecular weight is 385 g/mol. The molecule has 0 saturated carbocycles. The van der Waals surface area contributed by atoms with Crippen LogP contribution in [0.3, 0.4) is 0 Å². The van der Waals surface area contributed by atoms with Crippen LogP contribution in [0.25, 0.3) is 0 Å². The molecule has 1 amide bonds. The molecule has 2 aromatic heterocycles. The molecule has 5 nitrogen and oxygen atoms in total. The second-order valence-corrected chi connectivity index (χ2v) is 7.38. The van der Waals surface area contributed by atoms with Crippen molar-refractivity contribution in [3.8, 4) is 0 Å². The number of anilines is 3. The van der Waals surface area contributed by atoms with E-state index in [1.165, 1.54) is 16.9 Å². The predicted octanol–water partition coefficient (Wildman–Crippen LogP) is 4.46. The molecular weight excluding hydrogens is 368 g/mol. The molecule has 0 bridgehead atoms. The summed E-state index contributed by atoms with van der Waals surface area (Å²) in [6.07, 6.45) is 3.89. The number of nitrogens with one attached hydrogen (secondary N) is 1. The fourth-order valence-corrected chi connectivity index (χ4v) is 3.88. The standard InChI is InChI=1S/C19H17ClN4OS/c20-14-7-8-17(21-11-14)23-19-22-15(12-26-19)10-18(25)24-9-3-5-13-4-1-2-6-16(13)24/h1-2,4,6-8,11-12H,3,5,9-10H2,(H,21,22,23). The monoisotopic (exact) mass is 384 g/mol. The number of rotatable bonds is 4. The maximum atomic E-state index is 12.8. The third-order valence-corrected chi connectivity index (χ3v) is 5.29. The van der Waals surface area contributed by atoms with Gasteiger partial charge in [0.05, 0.1) is 17.1 Å². The van der Waals surface area contributed by atoms with Gasteiger partial charge >= 0.3 is 0 Å². The second-order valence-electron chi connectivity index (χ2n) is 6.09. The number of thiazole rings is 1. The summed E-state index contributed by atoms with van der Waals surface area (Å²) in [5.74, 6) is 0.755. The molecule has 1 N–H and O–H groups in total. The molecule has 4 rings (SSSR count). The van der Waals surface area contributed by atoms with E-state index in [-0.39, 0.29) is 5.91 Å². The van der Waals surface area contributed by atoms with Crippen LogP contribution in [0.15, 0.2) is 48.0 Å². The number of aromatic nitrogens is 2. The Labute approximate surface area is 160 Å². The Morgan fingerprint density at radius 3 is 3.00 bits per heavy atom. The molecule has 0 saturated heterocycles. The van der Waals surface area contributed by atoms with Gasteiger partial charge in [0.1, 0.15) is 5.82 Å². The lowest BCUT2D eigenvalue weighted by Crippen LogP contribution is -2.36. The van der Waals surface area contributed by atoms with Gasteiger partial charge in [-0.2, -0.15) is 0 Å². The van der Waals surface area contributed by atoms with E-state index in [4.69, 9.17) is 11.6 Å². The Morgan fingerprint density at radius 2 is 2.15 bits per heavy atom. The van der Waals surface area contributed by atoms with Crippen molar-refractivity contribution >= 4 is 45.5 Å². The first-order chi connectivity index (χ1) is 12.7. The fraction of sp³-hybridized carbons (Fsp3) is 0.211. The van der Waals surface area contributed by atoms with E-state index < -0.39 is 0 Å². The minimum absolute atomic E-state index is 0.0821. The maximum absolute atomic E-state index is 12.8. The van der Waals surface area contributed by atoms with Crippen molar-refractivity contribution in [2.45, 2.75) is 19.3 Å². The van der Waals surface area contributed by atoms with Crippen LogP contribution in [0.5, 0.6) is 0 Å². The zero-order valence-electron chi connectivity index (χ0n) is 14.0. The van der Waals surface area contributed by atoms with Gasteiger partial charge in [-0.1, -0.05) is 29.8 Å². The van der Waals surface area contributed by atoms with Crippen LogP contribution in [-0.4, -0.2) is 22.4 Å². The normalized spacial score (nSPS) is 13.3. The van der Waals surface area contributed by atoms with Crippen molar-refractivity contribution in [2.75, 3.05) is 16.8 Å². The van der Waals surface area contributed by atoms with Gasteiger partial charge in [0.2, 0.25) is 5.91 Å². The number of para-hydroxylation sites is 1. The summed E-state index contributed by atoms with van der Waals surface area (Å²) in [6, 6.07) is 11.7. The fourth-order valence-electron chi connectivity index (χ4n) is 3.05. The number of halogens is 1. The summed E-state index contributed by atoms with van der Waals surface area (Å²) in [4.78, 5) is 23.4. The first-order valence-corrected chi connectivity index (χ1v) is 9.66. The lowest BCUT2D eigenvalue weighted by molar-refractivity contribution is -0.118. The molecule has 3 heterocycles. The van der Waals surface area contributed by atoms with E-state index in [1.807, 2.05) is 28.5 Å². The minimum Gasteiger partial charge on any atom is -0.316 e.